The Hall–Kier alpha value is -3.15. The average molecular weight is 339 g/mol. The van der Waals surface area contributed by atoms with E-state index in [-0.39, 0.29) is 17.8 Å². The van der Waals surface area contributed by atoms with E-state index >= 15 is 0 Å². The molecule has 25 heavy (non-hydrogen) atoms. The topological polar surface area (TPSA) is 67.0 Å². The molecule has 0 bridgehead atoms. The molecule has 3 rings (SSSR count). The van der Waals surface area contributed by atoms with E-state index in [4.69, 9.17) is 4.74 Å². The second-order valence-corrected chi connectivity index (χ2v) is 5.64. The van der Waals surface area contributed by atoms with E-state index in [1.165, 1.54) is 12.1 Å². The van der Waals surface area contributed by atoms with Crippen molar-refractivity contribution in [2.75, 3.05) is 7.11 Å². The molecule has 5 nitrogen and oxygen atoms in total. The number of hydrogen-bond acceptors (Lipinski definition) is 3. The van der Waals surface area contributed by atoms with Crippen molar-refractivity contribution in [1.82, 2.24) is 15.5 Å². The molecule has 128 valence electrons. The lowest BCUT2D eigenvalue weighted by Gasteiger charge is -2.14. The fraction of sp³-hybridized carbons (Fsp3) is 0.158. The zero-order valence-electron chi connectivity index (χ0n) is 13.9. The molecule has 0 saturated heterocycles. The highest BCUT2D eigenvalue weighted by Gasteiger charge is 2.14. The van der Waals surface area contributed by atoms with E-state index in [9.17, 15) is 9.18 Å². The van der Waals surface area contributed by atoms with E-state index in [1.807, 2.05) is 31.2 Å². The zero-order chi connectivity index (χ0) is 17.8. The number of amides is 1. The number of carbonyl (C=O) groups excluding carboxylic acids is 1. The first-order valence-electron chi connectivity index (χ1n) is 7.83. The number of halogens is 1. The maximum Gasteiger partial charge on any atom is 0.269 e. The standard InChI is InChI=1S/C19H18FN3O2/c1-12(13-5-9-16(25-2)10-6-13)21-19(24)18-11-17(22-23-18)14-3-7-15(20)8-4-14/h3-12H,1-2H3,(H,21,24)(H,22,23)/t12-/m0/s1. The second-order valence-electron chi connectivity index (χ2n) is 5.64. The maximum absolute atomic E-state index is 13.0. The van der Waals surface area contributed by atoms with Crippen LogP contribution in [0.1, 0.15) is 29.0 Å². The highest BCUT2D eigenvalue weighted by Crippen LogP contribution is 2.20. The molecule has 0 fully saturated rings. The summed E-state index contributed by atoms with van der Waals surface area (Å²) in [5, 5.41) is 9.75. The molecule has 2 aromatic carbocycles. The Bertz CT molecular complexity index is 857. The summed E-state index contributed by atoms with van der Waals surface area (Å²) in [6.45, 7) is 1.90. The molecular weight excluding hydrogens is 321 g/mol. The third-order valence-electron chi connectivity index (χ3n) is 3.93. The Morgan fingerprint density at radius 1 is 1.16 bits per heavy atom. The van der Waals surface area contributed by atoms with Crippen LogP contribution in [0.3, 0.4) is 0 Å². The fourth-order valence-electron chi connectivity index (χ4n) is 2.46. The van der Waals surface area contributed by atoms with Gasteiger partial charge in [0.25, 0.3) is 5.91 Å². The highest BCUT2D eigenvalue weighted by atomic mass is 19.1. The Morgan fingerprint density at radius 3 is 2.48 bits per heavy atom. The van der Waals surface area contributed by atoms with Crippen molar-refractivity contribution in [3.63, 3.8) is 0 Å². The maximum atomic E-state index is 13.0. The van der Waals surface area contributed by atoms with Gasteiger partial charge in [-0.05, 0) is 55.0 Å². The molecule has 0 aliphatic heterocycles. The lowest BCUT2D eigenvalue weighted by Crippen LogP contribution is -2.26. The van der Waals surface area contributed by atoms with E-state index in [1.54, 1.807) is 25.3 Å². The van der Waals surface area contributed by atoms with Gasteiger partial charge >= 0.3 is 0 Å². The smallest absolute Gasteiger partial charge is 0.269 e. The van der Waals surface area contributed by atoms with E-state index in [0.29, 0.717) is 11.4 Å². The van der Waals surface area contributed by atoms with Crippen molar-refractivity contribution >= 4 is 5.91 Å². The van der Waals surface area contributed by atoms with Gasteiger partial charge in [-0.3, -0.25) is 9.89 Å². The van der Waals surface area contributed by atoms with Crippen molar-refractivity contribution in [1.29, 1.82) is 0 Å². The summed E-state index contributed by atoms with van der Waals surface area (Å²) in [6.07, 6.45) is 0. The summed E-state index contributed by atoms with van der Waals surface area (Å²) in [7, 11) is 1.61. The van der Waals surface area contributed by atoms with Gasteiger partial charge in [0.05, 0.1) is 18.8 Å². The van der Waals surface area contributed by atoms with Crippen LogP contribution in [0.25, 0.3) is 11.3 Å². The van der Waals surface area contributed by atoms with Crippen molar-refractivity contribution < 1.29 is 13.9 Å². The molecular formula is C19H18FN3O2. The number of methoxy groups -OCH3 is 1. The summed E-state index contributed by atoms with van der Waals surface area (Å²) in [4.78, 5) is 12.4. The SMILES string of the molecule is COc1ccc([C@H](C)NC(=O)c2cc(-c3ccc(F)cc3)n[nH]2)cc1. The third-order valence-corrected chi connectivity index (χ3v) is 3.93. The van der Waals surface area contributed by atoms with Gasteiger partial charge in [0.15, 0.2) is 0 Å². The van der Waals surface area contributed by atoms with Gasteiger partial charge in [-0.25, -0.2) is 4.39 Å². The fourth-order valence-corrected chi connectivity index (χ4v) is 2.46. The number of nitrogens with zero attached hydrogens (tertiary/aromatic N) is 1. The number of ether oxygens (including phenoxy) is 1. The van der Waals surface area contributed by atoms with E-state index in [2.05, 4.69) is 15.5 Å². The normalized spacial score (nSPS) is 11.8. The monoisotopic (exact) mass is 339 g/mol. The van der Waals surface area contributed by atoms with Crippen LogP contribution >= 0.6 is 0 Å². The number of H-pyrrole nitrogens is 1. The summed E-state index contributed by atoms with van der Waals surface area (Å²) in [5.74, 6) is 0.189. The molecule has 0 radical (unpaired) electrons. The van der Waals surface area contributed by atoms with Crippen LogP contribution in [-0.4, -0.2) is 23.2 Å². The van der Waals surface area contributed by atoms with Crippen LogP contribution in [0.4, 0.5) is 4.39 Å². The Labute approximate surface area is 144 Å². The lowest BCUT2D eigenvalue weighted by molar-refractivity contribution is 0.0935. The van der Waals surface area contributed by atoms with E-state index in [0.717, 1.165) is 16.9 Å². The number of rotatable bonds is 5. The quantitative estimate of drug-likeness (QED) is 0.744. The van der Waals surface area contributed by atoms with Crippen LogP contribution in [0, 0.1) is 5.82 Å². The predicted molar refractivity (Wildman–Crippen MR) is 92.9 cm³/mol. The first kappa shape index (κ1) is 16.7. The molecule has 1 atom stereocenters. The Kier molecular flexibility index (Phi) is 4.79. The molecule has 2 N–H and O–H groups in total. The number of aromatic nitrogens is 2. The number of hydrogen-bond donors (Lipinski definition) is 2. The average Bonchev–Trinajstić information content (AvgIpc) is 3.12. The van der Waals surface area contributed by atoms with Gasteiger partial charge in [0.2, 0.25) is 0 Å². The largest absolute Gasteiger partial charge is 0.497 e. The summed E-state index contributed by atoms with van der Waals surface area (Å²) >= 11 is 0. The molecule has 1 heterocycles. The van der Waals surface area contributed by atoms with Crippen molar-refractivity contribution in [3.05, 3.63) is 71.7 Å². The number of nitrogens with one attached hydrogen (secondary N) is 2. The van der Waals surface area contributed by atoms with Gasteiger partial charge in [0, 0.05) is 5.56 Å². The Balaban J connectivity index is 1.69. The lowest BCUT2D eigenvalue weighted by atomic mass is 10.1. The van der Waals surface area contributed by atoms with Crippen molar-refractivity contribution in [2.24, 2.45) is 0 Å². The molecule has 0 spiro atoms. The first-order chi connectivity index (χ1) is 12.1. The minimum absolute atomic E-state index is 0.170. The van der Waals surface area contributed by atoms with Crippen molar-refractivity contribution in [3.8, 4) is 17.0 Å². The zero-order valence-corrected chi connectivity index (χ0v) is 13.9. The van der Waals surface area contributed by atoms with E-state index < -0.39 is 0 Å². The third kappa shape index (κ3) is 3.85. The van der Waals surface area contributed by atoms with Gasteiger partial charge < -0.3 is 10.1 Å². The van der Waals surface area contributed by atoms with Crippen molar-refractivity contribution in [2.45, 2.75) is 13.0 Å². The Morgan fingerprint density at radius 2 is 1.84 bits per heavy atom. The number of carbonyl (C=O) groups is 1. The van der Waals surface area contributed by atoms with Crippen LogP contribution in [0.5, 0.6) is 5.75 Å². The molecule has 0 saturated carbocycles. The van der Waals surface area contributed by atoms with Crippen LogP contribution < -0.4 is 10.1 Å². The summed E-state index contributed by atoms with van der Waals surface area (Å²) in [5.41, 5.74) is 2.63. The van der Waals surface area contributed by atoms with Crippen LogP contribution in [-0.2, 0) is 0 Å². The molecule has 1 amide bonds. The summed E-state index contributed by atoms with van der Waals surface area (Å²) < 4.78 is 18.1. The molecule has 0 aliphatic carbocycles. The first-order valence-corrected chi connectivity index (χ1v) is 7.83. The van der Waals surface area contributed by atoms with Crippen LogP contribution in [0.15, 0.2) is 54.6 Å². The second kappa shape index (κ2) is 7.17. The van der Waals surface area contributed by atoms with Gasteiger partial charge in [0.1, 0.15) is 17.3 Å². The van der Waals surface area contributed by atoms with Crippen LogP contribution in [0.2, 0.25) is 0 Å². The molecule has 6 heteroatoms. The number of benzene rings is 2. The molecule has 0 aliphatic rings. The predicted octanol–water partition coefficient (Wildman–Crippen LogP) is 3.72. The molecule has 3 aromatic rings. The number of aromatic amines is 1. The van der Waals surface area contributed by atoms with Gasteiger partial charge in [-0.1, -0.05) is 12.1 Å². The molecule has 1 aromatic heterocycles. The summed E-state index contributed by atoms with van der Waals surface area (Å²) in [6, 6.07) is 14.9. The van der Waals surface area contributed by atoms with Gasteiger partial charge in [-0.2, -0.15) is 5.10 Å². The minimum atomic E-state index is -0.314. The molecule has 0 unspecified atom stereocenters. The minimum Gasteiger partial charge on any atom is -0.497 e. The highest BCUT2D eigenvalue weighted by molar-refractivity contribution is 5.93. The van der Waals surface area contributed by atoms with Gasteiger partial charge in [-0.15, -0.1) is 0 Å².